The van der Waals surface area contributed by atoms with Gasteiger partial charge in [0.05, 0.1) is 23.2 Å². The SMILES string of the molecule is Cc1ccc2c(c1)nc(N)n2C1CCCCC1O. The van der Waals surface area contributed by atoms with E-state index in [1.54, 1.807) is 0 Å². The minimum Gasteiger partial charge on any atom is -0.391 e. The summed E-state index contributed by atoms with van der Waals surface area (Å²) >= 11 is 0. The van der Waals surface area contributed by atoms with Crippen LogP contribution in [0.3, 0.4) is 0 Å². The third-order valence-electron chi connectivity index (χ3n) is 3.90. The predicted octanol–water partition coefficient (Wildman–Crippen LogP) is 2.40. The molecule has 0 bridgehead atoms. The summed E-state index contributed by atoms with van der Waals surface area (Å²) in [6, 6.07) is 6.23. The first-order valence-corrected chi connectivity index (χ1v) is 6.59. The fourth-order valence-electron chi connectivity index (χ4n) is 2.97. The minimum atomic E-state index is -0.306. The maximum atomic E-state index is 10.2. The third kappa shape index (κ3) is 1.77. The van der Waals surface area contributed by atoms with Gasteiger partial charge in [-0.25, -0.2) is 4.98 Å². The second-order valence-corrected chi connectivity index (χ2v) is 5.25. The van der Waals surface area contributed by atoms with Crippen molar-refractivity contribution in [3.63, 3.8) is 0 Å². The van der Waals surface area contributed by atoms with Crippen LogP contribution < -0.4 is 5.73 Å². The fourth-order valence-corrected chi connectivity index (χ4v) is 2.97. The normalized spacial score (nSPS) is 24.6. The molecule has 3 rings (SSSR count). The molecule has 2 atom stereocenters. The zero-order chi connectivity index (χ0) is 12.7. The molecule has 0 aliphatic heterocycles. The number of aliphatic hydroxyl groups is 1. The van der Waals surface area contributed by atoms with Gasteiger partial charge < -0.3 is 15.4 Å². The number of hydrogen-bond donors (Lipinski definition) is 2. The molecule has 4 nitrogen and oxygen atoms in total. The summed E-state index contributed by atoms with van der Waals surface area (Å²) in [5, 5.41) is 10.2. The molecule has 1 saturated carbocycles. The molecule has 1 heterocycles. The minimum absolute atomic E-state index is 0.0754. The van der Waals surface area contributed by atoms with Crippen molar-refractivity contribution >= 4 is 17.0 Å². The quantitative estimate of drug-likeness (QED) is 0.811. The lowest BCUT2D eigenvalue weighted by molar-refractivity contribution is 0.0783. The van der Waals surface area contributed by atoms with Gasteiger partial charge in [-0.15, -0.1) is 0 Å². The number of aromatic nitrogens is 2. The number of benzene rings is 1. The lowest BCUT2D eigenvalue weighted by Crippen LogP contribution is -2.28. The Balaban J connectivity index is 2.12. The number of nitrogen functional groups attached to an aromatic ring is 1. The van der Waals surface area contributed by atoms with Crippen LogP contribution in [0.2, 0.25) is 0 Å². The Kier molecular flexibility index (Phi) is 2.74. The van der Waals surface area contributed by atoms with Crippen molar-refractivity contribution in [2.24, 2.45) is 0 Å². The van der Waals surface area contributed by atoms with E-state index in [1.165, 1.54) is 5.56 Å². The third-order valence-corrected chi connectivity index (χ3v) is 3.90. The predicted molar refractivity (Wildman–Crippen MR) is 72.4 cm³/mol. The zero-order valence-corrected chi connectivity index (χ0v) is 10.6. The van der Waals surface area contributed by atoms with Gasteiger partial charge in [0, 0.05) is 0 Å². The molecule has 1 aliphatic carbocycles. The highest BCUT2D eigenvalue weighted by Gasteiger charge is 2.27. The fraction of sp³-hybridized carbons (Fsp3) is 0.500. The van der Waals surface area contributed by atoms with E-state index in [1.807, 2.05) is 17.6 Å². The second kappa shape index (κ2) is 4.28. The van der Waals surface area contributed by atoms with E-state index in [0.717, 1.165) is 36.7 Å². The van der Waals surface area contributed by atoms with Crippen molar-refractivity contribution in [3.05, 3.63) is 23.8 Å². The molecule has 2 aromatic rings. The number of hydrogen-bond acceptors (Lipinski definition) is 3. The van der Waals surface area contributed by atoms with Gasteiger partial charge >= 0.3 is 0 Å². The van der Waals surface area contributed by atoms with E-state index in [-0.39, 0.29) is 12.1 Å². The van der Waals surface area contributed by atoms with Crippen LogP contribution in [-0.2, 0) is 0 Å². The zero-order valence-electron chi connectivity index (χ0n) is 10.6. The molecule has 1 aliphatic rings. The van der Waals surface area contributed by atoms with E-state index in [9.17, 15) is 5.11 Å². The first kappa shape index (κ1) is 11.5. The number of nitrogens with zero attached hydrogens (tertiary/aromatic N) is 2. The molecule has 4 heteroatoms. The van der Waals surface area contributed by atoms with Crippen molar-refractivity contribution in [3.8, 4) is 0 Å². The Morgan fingerprint density at radius 2 is 2.11 bits per heavy atom. The number of imidazole rings is 1. The van der Waals surface area contributed by atoms with Crippen molar-refractivity contribution in [2.75, 3.05) is 5.73 Å². The topological polar surface area (TPSA) is 64.1 Å². The number of rotatable bonds is 1. The van der Waals surface area contributed by atoms with Gasteiger partial charge in [-0.1, -0.05) is 18.9 Å². The van der Waals surface area contributed by atoms with Crippen LogP contribution in [-0.4, -0.2) is 20.8 Å². The summed E-state index contributed by atoms with van der Waals surface area (Å²) < 4.78 is 2.01. The van der Waals surface area contributed by atoms with E-state index < -0.39 is 0 Å². The highest BCUT2D eigenvalue weighted by atomic mass is 16.3. The first-order chi connectivity index (χ1) is 8.66. The molecule has 3 N–H and O–H groups in total. The summed E-state index contributed by atoms with van der Waals surface area (Å²) in [6.07, 6.45) is 3.77. The van der Waals surface area contributed by atoms with Crippen molar-refractivity contribution < 1.29 is 5.11 Å². The average molecular weight is 245 g/mol. The number of fused-ring (bicyclic) bond motifs is 1. The molecule has 1 fully saturated rings. The molecular weight excluding hydrogens is 226 g/mol. The smallest absolute Gasteiger partial charge is 0.201 e. The van der Waals surface area contributed by atoms with Crippen LogP contribution in [0, 0.1) is 6.92 Å². The van der Waals surface area contributed by atoms with Crippen LogP contribution in [0.15, 0.2) is 18.2 Å². The number of aliphatic hydroxyl groups excluding tert-OH is 1. The van der Waals surface area contributed by atoms with E-state index in [4.69, 9.17) is 5.73 Å². The van der Waals surface area contributed by atoms with E-state index in [2.05, 4.69) is 17.1 Å². The Bertz CT molecular complexity index is 576. The van der Waals surface area contributed by atoms with Crippen LogP contribution in [0.25, 0.3) is 11.0 Å². The Morgan fingerprint density at radius 1 is 1.33 bits per heavy atom. The number of aryl methyl sites for hydroxylation is 1. The number of anilines is 1. The van der Waals surface area contributed by atoms with Gasteiger partial charge in [-0.05, 0) is 37.5 Å². The van der Waals surface area contributed by atoms with Crippen molar-refractivity contribution in [1.82, 2.24) is 9.55 Å². The Labute approximate surface area is 106 Å². The maximum Gasteiger partial charge on any atom is 0.201 e. The summed E-state index contributed by atoms with van der Waals surface area (Å²) in [5.41, 5.74) is 9.17. The average Bonchev–Trinajstić information content (AvgIpc) is 2.65. The molecule has 0 saturated heterocycles. The van der Waals surface area contributed by atoms with Gasteiger partial charge in [-0.3, -0.25) is 0 Å². The standard InChI is InChI=1S/C14H19N3O/c1-9-6-7-11-10(8-9)16-14(15)17(11)12-4-2-3-5-13(12)18/h6-8,12-13,18H,2-5H2,1H3,(H2,15,16). The monoisotopic (exact) mass is 245 g/mol. The van der Waals surface area contributed by atoms with Crippen LogP contribution >= 0.6 is 0 Å². The van der Waals surface area contributed by atoms with Crippen molar-refractivity contribution in [1.29, 1.82) is 0 Å². The first-order valence-electron chi connectivity index (χ1n) is 6.59. The highest BCUT2D eigenvalue weighted by Crippen LogP contribution is 2.33. The Hall–Kier alpha value is -1.55. The molecule has 2 unspecified atom stereocenters. The number of nitrogens with two attached hydrogens (primary N) is 1. The molecule has 0 spiro atoms. The molecule has 1 aromatic carbocycles. The summed E-state index contributed by atoms with van der Waals surface area (Å²) in [6.45, 7) is 2.05. The Morgan fingerprint density at radius 3 is 2.89 bits per heavy atom. The molecular formula is C14H19N3O. The molecule has 1 aromatic heterocycles. The molecule has 0 radical (unpaired) electrons. The van der Waals surface area contributed by atoms with Gasteiger partial charge in [0.1, 0.15) is 0 Å². The van der Waals surface area contributed by atoms with Crippen LogP contribution in [0.1, 0.15) is 37.3 Å². The second-order valence-electron chi connectivity index (χ2n) is 5.25. The van der Waals surface area contributed by atoms with Gasteiger partial charge in [0.25, 0.3) is 0 Å². The molecule has 18 heavy (non-hydrogen) atoms. The summed E-state index contributed by atoms with van der Waals surface area (Å²) in [5.74, 6) is 0.515. The lowest BCUT2D eigenvalue weighted by atomic mass is 9.92. The highest BCUT2D eigenvalue weighted by molar-refractivity contribution is 5.79. The van der Waals surface area contributed by atoms with Crippen LogP contribution in [0.5, 0.6) is 0 Å². The lowest BCUT2D eigenvalue weighted by Gasteiger charge is -2.29. The molecule has 96 valence electrons. The van der Waals surface area contributed by atoms with E-state index in [0.29, 0.717) is 5.95 Å². The van der Waals surface area contributed by atoms with Crippen molar-refractivity contribution in [2.45, 2.75) is 44.8 Å². The van der Waals surface area contributed by atoms with E-state index >= 15 is 0 Å². The summed E-state index contributed by atoms with van der Waals surface area (Å²) in [4.78, 5) is 4.41. The van der Waals surface area contributed by atoms with Gasteiger partial charge in [0.15, 0.2) is 0 Å². The largest absolute Gasteiger partial charge is 0.391 e. The van der Waals surface area contributed by atoms with Gasteiger partial charge in [-0.2, -0.15) is 0 Å². The van der Waals surface area contributed by atoms with Crippen LogP contribution in [0.4, 0.5) is 5.95 Å². The van der Waals surface area contributed by atoms with Gasteiger partial charge in [0.2, 0.25) is 5.95 Å². The molecule has 0 amide bonds. The maximum absolute atomic E-state index is 10.2. The summed E-state index contributed by atoms with van der Waals surface area (Å²) in [7, 11) is 0.